The zero-order chi connectivity index (χ0) is 15.9. The zero-order valence-corrected chi connectivity index (χ0v) is 12.6. The number of ether oxygens (including phenoxy) is 2. The van der Waals surface area contributed by atoms with E-state index in [9.17, 15) is 9.18 Å². The second-order valence-electron chi connectivity index (χ2n) is 4.81. The van der Waals surface area contributed by atoms with Crippen molar-refractivity contribution in [1.82, 2.24) is 5.32 Å². The Morgan fingerprint density at radius 3 is 2.68 bits per heavy atom. The minimum Gasteiger partial charge on any atom is -0.496 e. The lowest BCUT2D eigenvalue weighted by atomic mass is 10.1. The largest absolute Gasteiger partial charge is 0.496 e. The summed E-state index contributed by atoms with van der Waals surface area (Å²) in [6, 6.07) is 11.7. The molecule has 2 aromatic carbocycles. The molecule has 1 N–H and O–H groups in total. The SMILES string of the molecule is COc1ccc(C)cc1CNC(=O)COc1ccccc1F. The molecule has 0 spiro atoms. The first-order chi connectivity index (χ1) is 10.6. The molecular weight excluding hydrogens is 285 g/mol. The molecule has 0 bridgehead atoms. The van der Waals surface area contributed by atoms with E-state index >= 15 is 0 Å². The van der Waals surface area contributed by atoms with E-state index in [4.69, 9.17) is 9.47 Å². The van der Waals surface area contributed by atoms with Gasteiger partial charge in [0.05, 0.1) is 7.11 Å². The molecule has 0 unspecified atom stereocenters. The van der Waals surface area contributed by atoms with Crippen molar-refractivity contribution in [2.45, 2.75) is 13.5 Å². The first-order valence-corrected chi connectivity index (χ1v) is 6.87. The zero-order valence-electron chi connectivity index (χ0n) is 12.6. The molecule has 0 aliphatic carbocycles. The molecule has 2 rings (SSSR count). The smallest absolute Gasteiger partial charge is 0.258 e. The molecule has 0 aromatic heterocycles. The topological polar surface area (TPSA) is 47.6 Å². The van der Waals surface area contributed by atoms with Gasteiger partial charge in [0.2, 0.25) is 0 Å². The normalized spacial score (nSPS) is 10.1. The van der Waals surface area contributed by atoms with Gasteiger partial charge < -0.3 is 14.8 Å². The van der Waals surface area contributed by atoms with E-state index in [-0.39, 0.29) is 18.3 Å². The Kier molecular flexibility index (Phi) is 5.36. The highest BCUT2D eigenvalue weighted by atomic mass is 19.1. The predicted octanol–water partition coefficient (Wildman–Crippen LogP) is 2.84. The average molecular weight is 303 g/mol. The summed E-state index contributed by atoms with van der Waals surface area (Å²) in [5.74, 6) is -0.0471. The van der Waals surface area contributed by atoms with Crippen LogP contribution in [0.1, 0.15) is 11.1 Å². The number of aryl methyl sites for hydroxylation is 1. The molecule has 0 aliphatic rings. The van der Waals surface area contributed by atoms with Crippen LogP contribution >= 0.6 is 0 Å². The molecule has 0 aliphatic heterocycles. The van der Waals surface area contributed by atoms with Gasteiger partial charge in [0.15, 0.2) is 18.2 Å². The van der Waals surface area contributed by atoms with Crippen LogP contribution in [0.5, 0.6) is 11.5 Å². The van der Waals surface area contributed by atoms with Crippen LogP contribution in [0.25, 0.3) is 0 Å². The highest BCUT2D eigenvalue weighted by molar-refractivity contribution is 5.77. The lowest BCUT2D eigenvalue weighted by Crippen LogP contribution is -2.28. The highest BCUT2D eigenvalue weighted by Gasteiger charge is 2.08. The first-order valence-electron chi connectivity index (χ1n) is 6.87. The minimum atomic E-state index is -0.490. The van der Waals surface area contributed by atoms with E-state index in [1.54, 1.807) is 19.2 Å². The van der Waals surface area contributed by atoms with Crippen LogP contribution in [0.3, 0.4) is 0 Å². The van der Waals surface area contributed by atoms with Crippen LogP contribution in [0.4, 0.5) is 4.39 Å². The van der Waals surface area contributed by atoms with Gasteiger partial charge in [0.25, 0.3) is 5.91 Å². The summed E-state index contributed by atoms with van der Waals surface area (Å²) in [6.45, 7) is 2.05. The van der Waals surface area contributed by atoms with E-state index in [1.807, 2.05) is 25.1 Å². The summed E-state index contributed by atoms with van der Waals surface area (Å²) in [5.41, 5.74) is 1.95. The molecule has 5 heteroatoms. The molecule has 0 radical (unpaired) electrons. The molecule has 4 nitrogen and oxygen atoms in total. The van der Waals surface area contributed by atoms with Crippen LogP contribution in [-0.4, -0.2) is 19.6 Å². The standard InChI is InChI=1S/C17H18FNO3/c1-12-7-8-15(21-2)13(9-12)10-19-17(20)11-22-16-6-4-3-5-14(16)18/h3-9H,10-11H2,1-2H3,(H,19,20). The van der Waals surface area contributed by atoms with Gasteiger partial charge in [-0.25, -0.2) is 4.39 Å². The fourth-order valence-corrected chi connectivity index (χ4v) is 2.00. The molecule has 116 valence electrons. The number of hydrogen-bond donors (Lipinski definition) is 1. The Hall–Kier alpha value is -2.56. The molecule has 0 fully saturated rings. The number of carbonyl (C=O) groups excluding carboxylic acids is 1. The van der Waals surface area contributed by atoms with Crippen molar-refractivity contribution >= 4 is 5.91 Å². The summed E-state index contributed by atoms with van der Waals surface area (Å²) >= 11 is 0. The third-order valence-corrected chi connectivity index (χ3v) is 3.11. The number of carbonyl (C=O) groups is 1. The van der Waals surface area contributed by atoms with Crippen LogP contribution < -0.4 is 14.8 Å². The Morgan fingerprint density at radius 2 is 1.95 bits per heavy atom. The van der Waals surface area contributed by atoms with Gasteiger partial charge >= 0.3 is 0 Å². The number of nitrogens with one attached hydrogen (secondary N) is 1. The predicted molar refractivity (Wildman–Crippen MR) is 81.5 cm³/mol. The molecule has 2 aromatic rings. The van der Waals surface area contributed by atoms with Crippen molar-refractivity contribution in [3.8, 4) is 11.5 Å². The molecule has 22 heavy (non-hydrogen) atoms. The number of methoxy groups -OCH3 is 1. The molecule has 0 saturated carbocycles. The van der Waals surface area contributed by atoms with Crippen molar-refractivity contribution in [1.29, 1.82) is 0 Å². The summed E-state index contributed by atoms with van der Waals surface area (Å²) < 4.78 is 23.8. The number of hydrogen-bond acceptors (Lipinski definition) is 3. The maximum absolute atomic E-state index is 13.4. The third-order valence-electron chi connectivity index (χ3n) is 3.11. The fourth-order valence-electron chi connectivity index (χ4n) is 2.00. The maximum atomic E-state index is 13.4. The van der Waals surface area contributed by atoms with E-state index in [0.717, 1.165) is 11.1 Å². The maximum Gasteiger partial charge on any atom is 0.258 e. The molecule has 0 atom stereocenters. The molecule has 1 amide bonds. The van der Waals surface area contributed by atoms with Crippen LogP contribution in [0.2, 0.25) is 0 Å². The van der Waals surface area contributed by atoms with Gasteiger partial charge in [-0.2, -0.15) is 0 Å². The lowest BCUT2D eigenvalue weighted by Gasteiger charge is -2.11. The second-order valence-corrected chi connectivity index (χ2v) is 4.81. The van der Waals surface area contributed by atoms with Crippen molar-refractivity contribution in [3.05, 3.63) is 59.4 Å². The van der Waals surface area contributed by atoms with Crippen molar-refractivity contribution in [2.24, 2.45) is 0 Å². The van der Waals surface area contributed by atoms with Gasteiger partial charge in [0, 0.05) is 12.1 Å². The number of amides is 1. The van der Waals surface area contributed by atoms with Gasteiger partial charge in [-0.15, -0.1) is 0 Å². The monoisotopic (exact) mass is 303 g/mol. The van der Waals surface area contributed by atoms with E-state index < -0.39 is 5.82 Å². The third kappa shape index (κ3) is 4.22. The number of para-hydroxylation sites is 1. The minimum absolute atomic E-state index is 0.0609. The van der Waals surface area contributed by atoms with E-state index in [0.29, 0.717) is 12.3 Å². The average Bonchev–Trinajstić information content (AvgIpc) is 2.52. The number of rotatable bonds is 6. The van der Waals surface area contributed by atoms with Crippen molar-refractivity contribution in [2.75, 3.05) is 13.7 Å². The summed E-state index contributed by atoms with van der Waals surface area (Å²) in [7, 11) is 1.58. The number of benzene rings is 2. The van der Waals surface area contributed by atoms with Crippen LogP contribution in [-0.2, 0) is 11.3 Å². The number of halogens is 1. The lowest BCUT2D eigenvalue weighted by molar-refractivity contribution is -0.123. The first kappa shape index (κ1) is 15.8. The van der Waals surface area contributed by atoms with E-state index in [2.05, 4.69) is 5.32 Å². The Balaban J connectivity index is 1.88. The quantitative estimate of drug-likeness (QED) is 0.892. The van der Waals surface area contributed by atoms with Gasteiger partial charge in [-0.3, -0.25) is 4.79 Å². The molecular formula is C17H18FNO3. The molecule has 0 heterocycles. The fraction of sp³-hybridized carbons (Fsp3) is 0.235. The van der Waals surface area contributed by atoms with Gasteiger partial charge in [-0.1, -0.05) is 29.8 Å². The van der Waals surface area contributed by atoms with Crippen molar-refractivity contribution < 1.29 is 18.7 Å². The summed E-state index contributed by atoms with van der Waals surface area (Å²) in [4.78, 5) is 11.8. The summed E-state index contributed by atoms with van der Waals surface area (Å²) in [6.07, 6.45) is 0. The Morgan fingerprint density at radius 1 is 1.18 bits per heavy atom. The van der Waals surface area contributed by atoms with E-state index in [1.165, 1.54) is 12.1 Å². The van der Waals surface area contributed by atoms with Gasteiger partial charge in [-0.05, 0) is 25.1 Å². The Bertz CT molecular complexity index is 658. The molecule has 0 saturated heterocycles. The Labute approximate surface area is 128 Å². The second kappa shape index (κ2) is 7.45. The van der Waals surface area contributed by atoms with Crippen LogP contribution in [0.15, 0.2) is 42.5 Å². The highest BCUT2D eigenvalue weighted by Crippen LogP contribution is 2.19. The van der Waals surface area contributed by atoms with Crippen molar-refractivity contribution in [3.63, 3.8) is 0 Å². The van der Waals surface area contributed by atoms with Crippen LogP contribution in [0, 0.1) is 12.7 Å². The summed E-state index contributed by atoms with van der Waals surface area (Å²) in [5, 5.41) is 2.72. The van der Waals surface area contributed by atoms with Gasteiger partial charge in [0.1, 0.15) is 5.75 Å².